The molecule has 0 aliphatic carbocycles. The van der Waals surface area contributed by atoms with Gasteiger partial charge in [0, 0.05) is 0 Å². The average molecular weight is 246 g/mol. The topological polar surface area (TPSA) is 20.2 Å². The summed E-state index contributed by atoms with van der Waals surface area (Å²) in [4.78, 5) is 0. The molecule has 0 aliphatic rings. The summed E-state index contributed by atoms with van der Waals surface area (Å²) in [7, 11) is 0. The Balaban J connectivity index is 2.38. The van der Waals surface area contributed by atoms with Gasteiger partial charge in [0.05, 0.1) is 6.10 Å². The number of rotatable bonds is 8. The van der Waals surface area contributed by atoms with E-state index in [1.54, 1.807) is 0 Å². The van der Waals surface area contributed by atoms with Crippen molar-refractivity contribution in [2.24, 2.45) is 0 Å². The van der Waals surface area contributed by atoms with E-state index in [1.807, 2.05) is 19.1 Å². The molecule has 0 amide bonds. The Kier molecular flexibility index (Phi) is 6.74. The Morgan fingerprint density at radius 3 is 2.28 bits per heavy atom. The van der Waals surface area contributed by atoms with Crippen molar-refractivity contribution in [1.29, 1.82) is 0 Å². The van der Waals surface area contributed by atoms with Crippen LogP contribution >= 0.6 is 0 Å². The SMILES string of the molecule is C=C(C)[C@@H](O)c1ccc(CCCCCCC)cc1. The first kappa shape index (κ1) is 15.0. The van der Waals surface area contributed by atoms with Gasteiger partial charge in [0.15, 0.2) is 0 Å². The summed E-state index contributed by atoms with van der Waals surface area (Å²) in [5, 5.41) is 9.86. The molecule has 0 bridgehead atoms. The van der Waals surface area contributed by atoms with Crippen molar-refractivity contribution in [3.8, 4) is 0 Å². The van der Waals surface area contributed by atoms with E-state index in [4.69, 9.17) is 0 Å². The van der Waals surface area contributed by atoms with E-state index in [2.05, 4.69) is 25.6 Å². The van der Waals surface area contributed by atoms with Crippen LogP contribution in [0, 0.1) is 0 Å². The van der Waals surface area contributed by atoms with E-state index in [9.17, 15) is 5.11 Å². The van der Waals surface area contributed by atoms with Crippen molar-refractivity contribution in [3.05, 3.63) is 47.5 Å². The Morgan fingerprint density at radius 1 is 1.11 bits per heavy atom. The maximum atomic E-state index is 9.86. The first-order valence-corrected chi connectivity index (χ1v) is 7.07. The second-order valence-electron chi connectivity index (χ2n) is 5.15. The molecule has 0 aliphatic heterocycles. The largest absolute Gasteiger partial charge is 0.384 e. The molecule has 0 heterocycles. The Bertz CT molecular complexity index is 350. The summed E-state index contributed by atoms with van der Waals surface area (Å²) in [6, 6.07) is 8.28. The normalized spacial score (nSPS) is 12.4. The van der Waals surface area contributed by atoms with Crippen LogP contribution in [0.4, 0.5) is 0 Å². The molecule has 1 aromatic rings. The highest BCUT2D eigenvalue weighted by Crippen LogP contribution is 2.20. The number of aliphatic hydroxyl groups excluding tert-OH is 1. The first-order valence-electron chi connectivity index (χ1n) is 7.07. The van der Waals surface area contributed by atoms with Crippen LogP contribution < -0.4 is 0 Å². The van der Waals surface area contributed by atoms with Crippen LogP contribution in [0.3, 0.4) is 0 Å². The van der Waals surface area contributed by atoms with Gasteiger partial charge in [-0.2, -0.15) is 0 Å². The molecule has 0 spiro atoms. The number of hydrogen-bond donors (Lipinski definition) is 1. The van der Waals surface area contributed by atoms with Gasteiger partial charge >= 0.3 is 0 Å². The molecule has 0 saturated heterocycles. The Hall–Kier alpha value is -1.08. The van der Waals surface area contributed by atoms with Gasteiger partial charge in [-0.25, -0.2) is 0 Å². The van der Waals surface area contributed by atoms with E-state index >= 15 is 0 Å². The summed E-state index contributed by atoms with van der Waals surface area (Å²) in [5.74, 6) is 0. The second kappa shape index (κ2) is 8.10. The fourth-order valence-corrected chi connectivity index (χ4v) is 2.08. The highest BCUT2D eigenvalue weighted by atomic mass is 16.3. The molecule has 18 heavy (non-hydrogen) atoms. The van der Waals surface area contributed by atoms with E-state index in [0.29, 0.717) is 0 Å². The molecule has 0 unspecified atom stereocenters. The van der Waals surface area contributed by atoms with Crippen LogP contribution in [0.25, 0.3) is 0 Å². The van der Waals surface area contributed by atoms with Gasteiger partial charge in [-0.1, -0.05) is 63.5 Å². The lowest BCUT2D eigenvalue weighted by molar-refractivity contribution is 0.216. The number of unbranched alkanes of at least 4 members (excludes halogenated alkanes) is 4. The standard InChI is InChI=1S/C17H26O/c1-4-5-6-7-8-9-15-10-12-16(13-11-15)17(18)14(2)3/h10-13,17-18H,2,4-9H2,1,3H3/t17-/m1/s1. The van der Waals surface area contributed by atoms with Crippen molar-refractivity contribution in [3.63, 3.8) is 0 Å². The van der Waals surface area contributed by atoms with Gasteiger partial charge in [0.1, 0.15) is 0 Å². The first-order chi connectivity index (χ1) is 8.65. The molecule has 0 fully saturated rings. The maximum Gasteiger partial charge on any atom is 0.0995 e. The van der Waals surface area contributed by atoms with Crippen molar-refractivity contribution < 1.29 is 5.11 Å². The summed E-state index contributed by atoms with van der Waals surface area (Å²) >= 11 is 0. The zero-order valence-electron chi connectivity index (χ0n) is 11.8. The van der Waals surface area contributed by atoms with Crippen LogP contribution in [0.2, 0.25) is 0 Å². The monoisotopic (exact) mass is 246 g/mol. The molecule has 1 N–H and O–H groups in total. The molecule has 1 aromatic carbocycles. The van der Waals surface area contributed by atoms with Gasteiger partial charge in [-0.3, -0.25) is 0 Å². The zero-order chi connectivity index (χ0) is 13.4. The van der Waals surface area contributed by atoms with E-state index in [-0.39, 0.29) is 0 Å². The van der Waals surface area contributed by atoms with Crippen LogP contribution in [-0.2, 0) is 6.42 Å². The fourth-order valence-electron chi connectivity index (χ4n) is 2.08. The minimum atomic E-state index is -0.524. The van der Waals surface area contributed by atoms with Crippen LogP contribution in [0.5, 0.6) is 0 Å². The number of aryl methyl sites for hydroxylation is 1. The summed E-state index contributed by atoms with van der Waals surface area (Å²) < 4.78 is 0. The van der Waals surface area contributed by atoms with Crippen LogP contribution in [0.1, 0.15) is 63.2 Å². The number of hydrogen-bond acceptors (Lipinski definition) is 1. The van der Waals surface area contributed by atoms with Crippen LogP contribution in [0.15, 0.2) is 36.4 Å². The quantitative estimate of drug-likeness (QED) is 0.515. The van der Waals surface area contributed by atoms with Gasteiger partial charge in [-0.15, -0.1) is 0 Å². The third-order valence-electron chi connectivity index (χ3n) is 3.33. The summed E-state index contributed by atoms with van der Waals surface area (Å²) in [6.45, 7) is 7.88. The summed E-state index contributed by atoms with van der Waals surface area (Å²) in [5.41, 5.74) is 3.10. The molecule has 1 atom stereocenters. The third kappa shape index (κ3) is 5.05. The highest BCUT2D eigenvalue weighted by molar-refractivity contribution is 5.28. The van der Waals surface area contributed by atoms with Gasteiger partial charge < -0.3 is 5.11 Å². The minimum Gasteiger partial charge on any atom is -0.384 e. The molecule has 1 rings (SSSR count). The fraction of sp³-hybridized carbons (Fsp3) is 0.529. The molecule has 0 saturated carbocycles. The van der Waals surface area contributed by atoms with Crippen molar-refractivity contribution in [2.75, 3.05) is 0 Å². The molecular formula is C17H26O. The number of aliphatic hydroxyl groups is 1. The number of benzene rings is 1. The predicted octanol–water partition coefficient (Wildman–Crippen LogP) is 4.81. The van der Waals surface area contributed by atoms with Crippen molar-refractivity contribution in [1.82, 2.24) is 0 Å². The van der Waals surface area contributed by atoms with E-state index < -0.39 is 6.10 Å². The lowest BCUT2D eigenvalue weighted by Gasteiger charge is -2.11. The lowest BCUT2D eigenvalue weighted by atomic mass is 10.00. The molecule has 100 valence electrons. The summed E-state index contributed by atoms with van der Waals surface area (Å²) in [6.07, 6.45) is 7.21. The molecule has 1 heteroatoms. The highest BCUT2D eigenvalue weighted by Gasteiger charge is 2.07. The molecule has 0 radical (unpaired) electrons. The van der Waals surface area contributed by atoms with Gasteiger partial charge in [0.2, 0.25) is 0 Å². The smallest absolute Gasteiger partial charge is 0.0995 e. The Labute approximate surface area is 112 Å². The lowest BCUT2D eigenvalue weighted by Crippen LogP contribution is -1.98. The average Bonchev–Trinajstić information content (AvgIpc) is 2.38. The van der Waals surface area contributed by atoms with Crippen molar-refractivity contribution in [2.45, 2.75) is 58.5 Å². The molecule has 0 aromatic heterocycles. The minimum absolute atomic E-state index is 0.524. The van der Waals surface area contributed by atoms with Gasteiger partial charge in [0.25, 0.3) is 0 Å². The van der Waals surface area contributed by atoms with Crippen molar-refractivity contribution >= 4 is 0 Å². The van der Waals surface area contributed by atoms with Crippen LogP contribution in [-0.4, -0.2) is 5.11 Å². The zero-order valence-corrected chi connectivity index (χ0v) is 11.8. The second-order valence-corrected chi connectivity index (χ2v) is 5.15. The predicted molar refractivity (Wildman–Crippen MR) is 78.7 cm³/mol. The maximum absolute atomic E-state index is 9.86. The molecule has 1 nitrogen and oxygen atoms in total. The molecular weight excluding hydrogens is 220 g/mol. The van der Waals surface area contributed by atoms with E-state index in [0.717, 1.165) is 17.6 Å². The Morgan fingerprint density at radius 2 is 1.72 bits per heavy atom. The third-order valence-corrected chi connectivity index (χ3v) is 3.33. The van der Waals surface area contributed by atoms with Gasteiger partial charge in [-0.05, 0) is 36.5 Å². The van der Waals surface area contributed by atoms with E-state index in [1.165, 1.54) is 37.7 Å².